The highest BCUT2D eigenvalue weighted by atomic mass is 16.1. The molecule has 3 aromatic carbocycles. The number of aryl methyl sites for hydroxylation is 2. The molecule has 262 valence electrons. The molecule has 0 saturated heterocycles. The predicted molar refractivity (Wildman–Crippen MR) is 215 cm³/mol. The zero-order chi connectivity index (χ0) is 37.2. The van der Waals surface area contributed by atoms with Crippen LogP contribution >= 0.6 is 0 Å². The number of fused-ring (bicyclic) bond motifs is 1. The Labute approximate surface area is 304 Å². The van der Waals surface area contributed by atoms with Gasteiger partial charge in [0.25, 0.3) is 0 Å². The van der Waals surface area contributed by atoms with Crippen LogP contribution in [0.15, 0.2) is 121 Å². The van der Waals surface area contributed by atoms with E-state index >= 15 is 0 Å². The smallest absolute Gasteiger partial charge is 0.165 e. The molecule has 0 spiro atoms. The number of allylic oxidation sites excluding steroid dienone is 3. The second kappa shape index (κ2) is 25.0. The molecule has 3 aromatic rings. The number of hydrogen-bond acceptors (Lipinski definition) is 3. The van der Waals surface area contributed by atoms with E-state index in [0.29, 0.717) is 6.42 Å². The zero-order valence-corrected chi connectivity index (χ0v) is 31.7. The number of benzene rings is 4. The SMILES string of the molecule is CC(C)C(=O)c1ccc(C(C)(C)C)cc1.CC=CCCC#N.CCCCCc1cccc(C)c1.N#CC=Cc1ccccc1.c1cc2cc-2c1. The molecular formula is C47H58N2O. The normalized spacial score (nSPS) is 10.5. The van der Waals surface area contributed by atoms with Crippen LogP contribution in [-0.2, 0) is 11.8 Å². The van der Waals surface area contributed by atoms with Crippen LogP contribution in [0.4, 0.5) is 0 Å². The molecule has 0 radical (unpaired) electrons. The molecule has 0 bridgehead atoms. The Morgan fingerprint density at radius 1 is 0.820 bits per heavy atom. The Morgan fingerprint density at radius 3 is 1.92 bits per heavy atom. The van der Waals surface area contributed by atoms with Gasteiger partial charge in [-0.05, 0) is 78.5 Å². The van der Waals surface area contributed by atoms with E-state index in [1.54, 1.807) is 6.08 Å². The van der Waals surface area contributed by atoms with E-state index in [2.05, 4.69) is 101 Å². The molecule has 0 atom stereocenters. The number of ketones is 1. The van der Waals surface area contributed by atoms with Crippen molar-refractivity contribution in [1.29, 1.82) is 10.5 Å². The van der Waals surface area contributed by atoms with Crippen molar-refractivity contribution in [2.45, 2.75) is 99.3 Å². The fourth-order valence-electron chi connectivity index (χ4n) is 4.60. The van der Waals surface area contributed by atoms with Crippen LogP contribution in [-0.4, -0.2) is 5.78 Å². The minimum atomic E-state index is 0.0745. The van der Waals surface area contributed by atoms with Crippen LogP contribution in [0, 0.1) is 35.5 Å². The summed E-state index contributed by atoms with van der Waals surface area (Å²) in [6, 6.07) is 39.0. The van der Waals surface area contributed by atoms with Gasteiger partial charge in [0.15, 0.2) is 5.78 Å². The topological polar surface area (TPSA) is 64.7 Å². The van der Waals surface area contributed by atoms with Crippen molar-refractivity contribution in [2.24, 2.45) is 5.92 Å². The third-order valence-corrected chi connectivity index (χ3v) is 7.63. The number of unbranched alkanes of at least 4 members (excludes halogenated alkanes) is 3. The Kier molecular flexibility index (Phi) is 21.6. The van der Waals surface area contributed by atoms with Gasteiger partial charge >= 0.3 is 0 Å². The minimum absolute atomic E-state index is 0.0745. The van der Waals surface area contributed by atoms with Crippen LogP contribution in [0.2, 0.25) is 0 Å². The van der Waals surface area contributed by atoms with Gasteiger partial charge in [0.2, 0.25) is 0 Å². The maximum atomic E-state index is 11.7. The van der Waals surface area contributed by atoms with E-state index in [9.17, 15) is 4.79 Å². The van der Waals surface area contributed by atoms with Crippen LogP contribution in [0.3, 0.4) is 0 Å². The Hall–Kier alpha value is -4.99. The summed E-state index contributed by atoms with van der Waals surface area (Å²) in [6.45, 7) is 16.7. The molecule has 5 rings (SSSR count). The number of rotatable bonds is 9. The highest BCUT2D eigenvalue weighted by Crippen LogP contribution is 2.32. The average Bonchev–Trinajstić information content (AvgIpc) is 3.71. The lowest BCUT2D eigenvalue weighted by atomic mass is 9.86. The Morgan fingerprint density at radius 2 is 1.46 bits per heavy atom. The van der Waals surface area contributed by atoms with Gasteiger partial charge in [-0.3, -0.25) is 4.79 Å². The minimum Gasteiger partial charge on any atom is -0.294 e. The lowest BCUT2D eigenvalue weighted by Crippen LogP contribution is -2.12. The molecule has 3 heteroatoms. The number of Topliss-reactive ketones (excluding diaryl/α,β-unsaturated/α-hetero) is 1. The summed E-state index contributed by atoms with van der Waals surface area (Å²) in [4.78, 5) is 11.7. The molecular weight excluding hydrogens is 609 g/mol. The number of nitrogens with zero attached hydrogens (tertiary/aromatic N) is 2. The highest BCUT2D eigenvalue weighted by Gasteiger charge is 2.15. The van der Waals surface area contributed by atoms with Crippen LogP contribution in [0.5, 0.6) is 0 Å². The standard InChI is InChI=1S/C14H20O.C12H18.C9H7N.C6H9N.C6H4/c1-10(2)13(15)11-6-8-12(9-7-11)14(3,4)5;1-3-4-5-8-12-9-6-7-11(2)10-12;10-8-4-7-9-5-2-1-3-6-9;1-2-3-4-5-6-7;1-2-5-4-6(5)3-1/h6-10H,1-5H3;6-7,9-10H,3-5,8H2,1-2H3;1-7H;2-3H,4-5H2,1H3;1-4H. The van der Waals surface area contributed by atoms with Gasteiger partial charge in [-0.1, -0.05) is 169 Å². The van der Waals surface area contributed by atoms with Crippen molar-refractivity contribution < 1.29 is 4.79 Å². The van der Waals surface area contributed by atoms with Crippen molar-refractivity contribution in [2.75, 3.05) is 0 Å². The highest BCUT2D eigenvalue weighted by molar-refractivity contribution is 5.97. The number of carbonyl (C=O) groups excluding carboxylic acids is 1. The summed E-state index contributed by atoms with van der Waals surface area (Å²) in [5, 5.41) is 16.2. The fourth-order valence-corrected chi connectivity index (χ4v) is 4.60. The van der Waals surface area contributed by atoms with Gasteiger partial charge < -0.3 is 0 Å². The van der Waals surface area contributed by atoms with Crippen molar-refractivity contribution >= 4 is 11.9 Å². The van der Waals surface area contributed by atoms with E-state index < -0.39 is 0 Å². The Balaban J connectivity index is 0.000000323. The molecule has 0 fully saturated rings. The summed E-state index contributed by atoms with van der Waals surface area (Å²) < 4.78 is 0. The largest absolute Gasteiger partial charge is 0.294 e. The summed E-state index contributed by atoms with van der Waals surface area (Å²) in [5.41, 5.74) is 9.02. The van der Waals surface area contributed by atoms with E-state index in [1.807, 2.05) is 81.5 Å². The molecule has 0 N–H and O–H groups in total. The maximum absolute atomic E-state index is 11.7. The molecule has 0 unspecified atom stereocenters. The van der Waals surface area contributed by atoms with Crippen molar-refractivity contribution in [3.8, 4) is 23.3 Å². The van der Waals surface area contributed by atoms with Gasteiger partial charge in [0.1, 0.15) is 0 Å². The number of nitriles is 2. The monoisotopic (exact) mass is 666 g/mol. The summed E-state index contributed by atoms with van der Waals surface area (Å²) in [6.07, 6.45) is 14.0. The van der Waals surface area contributed by atoms with Crippen LogP contribution < -0.4 is 0 Å². The van der Waals surface area contributed by atoms with E-state index in [4.69, 9.17) is 10.5 Å². The first-order valence-corrected chi connectivity index (χ1v) is 17.9. The van der Waals surface area contributed by atoms with Gasteiger partial charge in [0.05, 0.1) is 12.1 Å². The van der Waals surface area contributed by atoms with Gasteiger partial charge in [-0.2, -0.15) is 10.5 Å². The lowest BCUT2D eigenvalue weighted by Gasteiger charge is -2.19. The number of hydrogen-bond donors (Lipinski definition) is 0. The lowest BCUT2D eigenvalue weighted by molar-refractivity contribution is 0.0939. The summed E-state index contributed by atoms with van der Waals surface area (Å²) in [7, 11) is 0. The molecule has 2 aliphatic carbocycles. The van der Waals surface area contributed by atoms with E-state index in [-0.39, 0.29) is 17.1 Å². The maximum Gasteiger partial charge on any atom is 0.165 e. The number of carbonyl (C=O) groups is 1. The molecule has 0 aliphatic heterocycles. The summed E-state index contributed by atoms with van der Waals surface area (Å²) >= 11 is 0. The molecule has 0 aromatic heterocycles. The molecule has 0 saturated carbocycles. The third kappa shape index (κ3) is 19.7. The molecule has 3 nitrogen and oxygen atoms in total. The Bertz CT molecular complexity index is 1640. The first kappa shape index (κ1) is 43.0. The molecule has 0 amide bonds. The van der Waals surface area contributed by atoms with E-state index in [0.717, 1.165) is 17.5 Å². The summed E-state index contributed by atoms with van der Waals surface area (Å²) in [5.74, 6) is 0.293. The van der Waals surface area contributed by atoms with Crippen molar-refractivity contribution in [1.82, 2.24) is 0 Å². The second-order valence-corrected chi connectivity index (χ2v) is 13.5. The zero-order valence-electron chi connectivity index (χ0n) is 31.7. The first-order valence-electron chi connectivity index (χ1n) is 17.9. The van der Waals surface area contributed by atoms with E-state index in [1.165, 1.54) is 59.6 Å². The molecule has 50 heavy (non-hydrogen) atoms. The van der Waals surface area contributed by atoms with Crippen LogP contribution in [0.25, 0.3) is 17.2 Å². The van der Waals surface area contributed by atoms with Crippen LogP contribution in [0.1, 0.15) is 113 Å². The quantitative estimate of drug-likeness (QED) is 0.0680. The van der Waals surface area contributed by atoms with Gasteiger partial charge in [-0.25, -0.2) is 0 Å². The van der Waals surface area contributed by atoms with Gasteiger partial charge in [-0.15, -0.1) is 0 Å². The fraction of sp³-hybridized carbons (Fsp3) is 0.340. The third-order valence-electron chi connectivity index (χ3n) is 7.63. The molecule has 2 aliphatic rings. The average molecular weight is 667 g/mol. The van der Waals surface area contributed by atoms with Crippen molar-refractivity contribution in [3.05, 3.63) is 149 Å². The predicted octanol–water partition coefficient (Wildman–Crippen LogP) is 13.3. The second-order valence-electron chi connectivity index (χ2n) is 13.5. The molecule has 0 heterocycles. The van der Waals surface area contributed by atoms with Crippen molar-refractivity contribution in [3.63, 3.8) is 0 Å². The first-order chi connectivity index (χ1) is 24.0. The van der Waals surface area contributed by atoms with Gasteiger partial charge in [0, 0.05) is 24.0 Å².